The minimum absolute atomic E-state index is 0.0116. The summed E-state index contributed by atoms with van der Waals surface area (Å²) in [7, 11) is 3.93. The van der Waals surface area contributed by atoms with Crippen molar-refractivity contribution in [2.75, 3.05) is 19.0 Å². The van der Waals surface area contributed by atoms with E-state index in [4.69, 9.17) is 0 Å². The zero-order valence-electron chi connectivity index (χ0n) is 11.6. The highest BCUT2D eigenvalue weighted by Crippen LogP contribution is 2.20. The van der Waals surface area contributed by atoms with Gasteiger partial charge >= 0.3 is 0 Å². The summed E-state index contributed by atoms with van der Waals surface area (Å²) in [4.78, 5) is 13.8. The van der Waals surface area contributed by atoms with Crippen molar-refractivity contribution in [1.82, 2.24) is 15.0 Å². The number of nitro benzene ring substituents is 1. The Morgan fingerprint density at radius 2 is 1.71 bits per heavy atom. The Morgan fingerprint density at radius 3 is 2.33 bits per heavy atom. The molecule has 0 fully saturated rings. The maximum atomic E-state index is 10.8. The average Bonchev–Trinajstić information content (AvgIpc) is 2.90. The van der Waals surface area contributed by atoms with E-state index < -0.39 is 4.92 Å². The molecule has 0 N–H and O–H groups in total. The minimum Gasteiger partial charge on any atom is -0.378 e. The molecule has 0 unspecified atom stereocenters. The first-order valence-electron chi connectivity index (χ1n) is 6.34. The van der Waals surface area contributed by atoms with Crippen LogP contribution in [0.3, 0.4) is 0 Å². The van der Waals surface area contributed by atoms with E-state index in [1.54, 1.807) is 6.07 Å². The third-order valence-corrected chi connectivity index (χ3v) is 3.17. The van der Waals surface area contributed by atoms with Gasteiger partial charge in [-0.25, -0.2) is 0 Å². The Hall–Kier alpha value is -2.96. The number of non-ortho nitro benzene ring substituents is 1. The number of benzene rings is 2. The maximum absolute atomic E-state index is 10.8. The van der Waals surface area contributed by atoms with Gasteiger partial charge in [0.15, 0.2) is 0 Å². The number of anilines is 1. The van der Waals surface area contributed by atoms with Gasteiger partial charge in [-0.15, -0.1) is 10.2 Å². The fourth-order valence-electron chi connectivity index (χ4n) is 2.02. The Labute approximate surface area is 120 Å². The summed E-state index contributed by atoms with van der Waals surface area (Å²) in [5.41, 5.74) is 3.02. The second-order valence-electron chi connectivity index (χ2n) is 4.83. The standard InChI is InChI=1S/C14H13N5O2/c1-17(2)10-3-5-11(6-4-10)18-15-13-8-7-12(19(20)21)9-14(13)16-18/h3-9H,1-2H3. The van der Waals surface area contributed by atoms with E-state index in [-0.39, 0.29) is 5.69 Å². The maximum Gasteiger partial charge on any atom is 0.271 e. The van der Waals surface area contributed by atoms with Crippen LogP contribution >= 0.6 is 0 Å². The summed E-state index contributed by atoms with van der Waals surface area (Å²) in [5, 5.41) is 19.4. The molecule has 2 aromatic carbocycles. The second kappa shape index (κ2) is 4.86. The first-order valence-corrected chi connectivity index (χ1v) is 6.34. The molecule has 0 aliphatic carbocycles. The molecular formula is C14H13N5O2. The fraction of sp³-hybridized carbons (Fsp3) is 0.143. The van der Waals surface area contributed by atoms with E-state index in [9.17, 15) is 10.1 Å². The molecule has 0 saturated carbocycles. The molecule has 0 saturated heterocycles. The predicted octanol–water partition coefficient (Wildman–Crippen LogP) is 2.39. The van der Waals surface area contributed by atoms with E-state index in [2.05, 4.69) is 10.2 Å². The number of rotatable bonds is 3. The normalized spacial score (nSPS) is 10.8. The van der Waals surface area contributed by atoms with Gasteiger partial charge in [-0.1, -0.05) is 0 Å². The number of hydrogen-bond acceptors (Lipinski definition) is 5. The molecular weight excluding hydrogens is 270 g/mol. The molecule has 1 heterocycles. The van der Waals surface area contributed by atoms with Crippen molar-refractivity contribution in [3.63, 3.8) is 0 Å². The summed E-state index contributed by atoms with van der Waals surface area (Å²) in [5.74, 6) is 0. The summed E-state index contributed by atoms with van der Waals surface area (Å²) < 4.78 is 0. The number of fused-ring (bicyclic) bond motifs is 1. The topological polar surface area (TPSA) is 77.1 Å². The summed E-state index contributed by atoms with van der Waals surface area (Å²) >= 11 is 0. The van der Waals surface area contributed by atoms with Crippen LogP contribution in [-0.4, -0.2) is 34.0 Å². The summed E-state index contributed by atoms with van der Waals surface area (Å²) in [6.07, 6.45) is 0. The average molecular weight is 283 g/mol. The number of nitro groups is 1. The fourth-order valence-corrected chi connectivity index (χ4v) is 2.02. The van der Waals surface area contributed by atoms with Gasteiger partial charge in [-0.05, 0) is 30.3 Å². The highest BCUT2D eigenvalue weighted by atomic mass is 16.6. The smallest absolute Gasteiger partial charge is 0.271 e. The zero-order valence-corrected chi connectivity index (χ0v) is 11.6. The van der Waals surface area contributed by atoms with Gasteiger partial charge in [-0.2, -0.15) is 4.80 Å². The molecule has 106 valence electrons. The molecule has 7 nitrogen and oxygen atoms in total. The van der Waals surface area contributed by atoms with Crippen LogP contribution in [0.25, 0.3) is 16.7 Å². The Balaban J connectivity index is 2.02. The van der Waals surface area contributed by atoms with E-state index >= 15 is 0 Å². The highest BCUT2D eigenvalue weighted by molar-refractivity contribution is 5.76. The van der Waals surface area contributed by atoms with Crippen LogP contribution < -0.4 is 4.90 Å². The third-order valence-electron chi connectivity index (χ3n) is 3.17. The Bertz CT molecular complexity index is 808. The SMILES string of the molecule is CN(C)c1ccc(-n2nc3ccc([N+](=O)[O-])cc3n2)cc1. The largest absolute Gasteiger partial charge is 0.378 e. The summed E-state index contributed by atoms with van der Waals surface area (Å²) in [6, 6.07) is 12.2. The lowest BCUT2D eigenvalue weighted by Gasteiger charge is -2.12. The van der Waals surface area contributed by atoms with Crippen LogP contribution in [-0.2, 0) is 0 Å². The van der Waals surface area contributed by atoms with Crippen molar-refractivity contribution in [2.45, 2.75) is 0 Å². The predicted molar refractivity (Wildman–Crippen MR) is 79.8 cm³/mol. The molecule has 0 aliphatic rings. The van der Waals surface area contributed by atoms with Gasteiger partial charge < -0.3 is 4.90 Å². The van der Waals surface area contributed by atoms with E-state index in [0.29, 0.717) is 11.0 Å². The quantitative estimate of drug-likeness (QED) is 0.545. The molecule has 3 aromatic rings. The Morgan fingerprint density at radius 1 is 1.05 bits per heavy atom. The molecule has 0 atom stereocenters. The molecule has 7 heteroatoms. The van der Waals surface area contributed by atoms with Crippen LogP contribution in [0.1, 0.15) is 0 Å². The van der Waals surface area contributed by atoms with Gasteiger partial charge in [0, 0.05) is 31.9 Å². The highest BCUT2D eigenvalue weighted by Gasteiger charge is 2.10. The van der Waals surface area contributed by atoms with Crippen molar-refractivity contribution in [3.05, 3.63) is 52.6 Å². The summed E-state index contributed by atoms with van der Waals surface area (Å²) in [6.45, 7) is 0. The van der Waals surface area contributed by atoms with Gasteiger partial charge in [0.2, 0.25) is 0 Å². The molecule has 1 aromatic heterocycles. The van der Waals surface area contributed by atoms with Crippen molar-refractivity contribution in [3.8, 4) is 5.69 Å². The van der Waals surface area contributed by atoms with Crippen molar-refractivity contribution >= 4 is 22.4 Å². The number of hydrogen-bond donors (Lipinski definition) is 0. The first kappa shape index (κ1) is 13.0. The minimum atomic E-state index is -0.440. The van der Waals surface area contributed by atoms with Crippen LogP contribution in [0.15, 0.2) is 42.5 Å². The second-order valence-corrected chi connectivity index (χ2v) is 4.83. The van der Waals surface area contributed by atoms with Crippen molar-refractivity contribution in [2.24, 2.45) is 0 Å². The molecule has 21 heavy (non-hydrogen) atoms. The van der Waals surface area contributed by atoms with E-state index in [1.165, 1.54) is 16.9 Å². The van der Waals surface area contributed by atoms with E-state index in [0.717, 1.165) is 11.4 Å². The molecule has 0 amide bonds. The van der Waals surface area contributed by atoms with Crippen molar-refractivity contribution in [1.29, 1.82) is 0 Å². The molecule has 0 aliphatic heterocycles. The first-order chi connectivity index (χ1) is 10.0. The lowest BCUT2D eigenvalue weighted by atomic mass is 10.3. The number of nitrogens with zero attached hydrogens (tertiary/aromatic N) is 5. The van der Waals surface area contributed by atoms with Crippen LogP contribution in [0.5, 0.6) is 0 Å². The van der Waals surface area contributed by atoms with E-state index in [1.807, 2.05) is 43.3 Å². The number of aromatic nitrogens is 3. The third kappa shape index (κ3) is 2.40. The van der Waals surface area contributed by atoms with Crippen LogP contribution in [0.4, 0.5) is 11.4 Å². The zero-order chi connectivity index (χ0) is 15.0. The van der Waals surface area contributed by atoms with Gasteiger partial charge in [0.1, 0.15) is 11.0 Å². The Kier molecular flexibility index (Phi) is 3.02. The lowest BCUT2D eigenvalue weighted by molar-refractivity contribution is -0.384. The van der Waals surface area contributed by atoms with Gasteiger partial charge in [0.05, 0.1) is 10.6 Å². The molecule has 3 rings (SSSR count). The monoisotopic (exact) mass is 283 g/mol. The lowest BCUT2D eigenvalue weighted by Crippen LogP contribution is -2.08. The molecule has 0 bridgehead atoms. The van der Waals surface area contributed by atoms with Crippen LogP contribution in [0.2, 0.25) is 0 Å². The van der Waals surface area contributed by atoms with Gasteiger partial charge in [0.25, 0.3) is 5.69 Å². The molecule has 0 radical (unpaired) electrons. The van der Waals surface area contributed by atoms with Crippen LogP contribution in [0, 0.1) is 10.1 Å². The molecule has 0 spiro atoms. The van der Waals surface area contributed by atoms with Gasteiger partial charge in [-0.3, -0.25) is 10.1 Å². The van der Waals surface area contributed by atoms with Crippen molar-refractivity contribution < 1.29 is 4.92 Å².